The Bertz CT molecular complexity index is 3860. The van der Waals surface area contributed by atoms with Crippen LogP contribution in [0.5, 0.6) is 23.0 Å². The molecule has 8 aromatic carbocycles. The number of aliphatic imine (C=N–C) groups is 1. The maximum Gasteiger partial charge on any atom is 2.00 e. The molecule has 0 atom stereocenters. The normalized spacial score (nSPS) is 11.9. The Labute approximate surface area is 483 Å². The van der Waals surface area contributed by atoms with Gasteiger partial charge in [0, 0.05) is 10.8 Å². The number of halogens is 2. The summed E-state index contributed by atoms with van der Waals surface area (Å²) in [6.07, 6.45) is 0.835. The van der Waals surface area contributed by atoms with Crippen LogP contribution in [0.25, 0.3) is 21.5 Å². The predicted octanol–water partition coefficient (Wildman–Crippen LogP) is 12.3. The van der Waals surface area contributed by atoms with Gasteiger partial charge in [-0.1, -0.05) is 128 Å². The number of anilines is 1. The Morgan fingerprint density at radius 1 is 0.597 bits per heavy atom. The molecule has 77 heavy (non-hydrogen) atoms. The van der Waals surface area contributed by atoms with Crippen molar-refractivity contribution in [2.24, 2.45) is 25.4 Å². The van der Waals surface area contributed by atoms with Crippen LogP contribution in [0.1, 0.15) is 54.7 Å². The van der Waals surface area contributed by atoms with E-state index in [2.05, 4.69) is 30.8 Å². The van der Waals surface area contributed by atoms with Crippen LogP contribution in [-0.2, 0) is 33.1 Å². The molecule has 4 N–H and O–H groups in total. The summed E-state index contributed by atoms with van der Waals surface area (Å²) in [4.78, 5) is 16.1. The number of carbonyl (C=O) groups is 1. The van der Waals surface area contributed by atoms with Crippen molar-refractivity contribution in [3.63, 3.8) is 0 Å². The summed E-state index contributed by atoms with van der Waals surface area (Å²) >= 11 is 12.4. The van der Waals surface area contributed by atoms with Gasteiger partial charge in [-0.25, -0.2) is 0 Å². The molecule has 0 aliphatic heterocycles. The average molecular weight is 1150 g/mol. The van der Waals surface area contributed by atoms with Gasteiger partial charge in [0.25, 0.3) is 26.1 Å². The number of ether oxygens (including phenoxy) is 2. The number of nitrogens with one attached hydrogen (secondary N) is 1. The Balaban J connectivity index is 0.000000246. The van der Waals surface area contributed by atoms with Crippen molar-refractivity contribution in [2.45, 2.75) is 50.3 Å². The molecule has 0 unspecified atom stereocenters. The predicted molar refractivity (Wildman–Crippen MR) is 294 cm³/mol. The molecule has 0 fully saturated rings. The van der Waals surface area contributed by atoms with Gasteiger partial charge in [-0.05, 0) is 109 Å². The third kappa shape index (κ3) is 13.7. The minimum Gasteiger partial charge on any atom is -0.871 e. The number of fused-ring (bicyclic) bond motifs is 2. The summed E-state index contributed by atoms with van der Waals surface area (Å²) < 4.78 is 78.9. The topological polar surface area (TPSA) is 284 Å². The van der Waals surface area contributed by atoms with E-state index in [1.54, 1.807) is 130 Å². The van der Waals surface area contributed by atoms with Gasteiger partial charge < -0.3 is 30.1 Å². The first-order valence-corrected chi connectivity index (χ1v) is 26.8. The summed E-state index contributed by atoms with van der Waals surface area (Å²) in [5, 5.41) is 58.1. The molecule has 0 heterocycles. The second kappa shape index (κ2) is 26.1. The molecule has 0 aliphatic carbocycles. The number of phenols is 1. The number of hydrogen-bond acceptors (Lipinski definition) is 15. The molecule has 0 aromatic heterocycles. The number of amides is 1. The number of aromatic hydroxyl groups is 1. The van der Waals surface area contributed by atoms with Gasteiger partial charge >= 0.3 is 37.7 Å². The van der Waals surface area contributed by atoms with Crippen molar-refractivity contribution in [2.75, 3.05) is 18.5 Å². The van der Waals surface area contributed by atoms with Crippen LogP contribution in [0, 0.1) is 0 Å². The molecule has 0 radical (unpaired) electrons. The quantitative estimate of drug-likeness (QED) is 0.0231. The first-order chi connectivity index (χ1) is 36.3. The standard InChI is InChI=1S/2C27H24ClN3O6S.Ca/c2*1-3-16-13-14-21(26(23(16)28)38(34,35)36)30-31-24-18-10-6-5-9-17(18)15-19(25(24)32)27(33)29-20-11-7-8-12-22(20)37-4-2;/h2*5-15,32H,3-4H2,1-2H3,(H,29,33)(H,34,35,36);/q;;+2/p-2. The van der Waals surface area contributed by atoms with Gasteiger partial charge in [0.15, 0.2) is 5.75 Å². The largest absolute Gasteiger partial charge is 2.00 e. The summed E-state index contributed by atoms with van der Waals surface area (Å²) in [6, 6.07) is 35.9. The van der Waals surface area contributed by atoms with Crippen LogP contribution in [-0.4, -0.2) is 93.8 Å². The van der Waals surface area contributed by atoms with Gasteiger partial charge in [-0.15, -0.1) is 15.3 Å². The van der Waals surface area contributed by atoms with Gasteiger partial charge in [0.05, 0.1) is 40.2 Å². The second-order valence-electron chi connectivity index (χ2n) is 16.2. The van der Waals surface area contributed by atoms with E-state index >= 15 is 0 Å². The van der Waals surface area contributed by atoms with Crippen LogP contribution in [0.4, 0.5) is 34.1 Å². The minimum atomic E-state index is -4.76. The fourth-order valence-electron chi connectivity index (χ4n) is 7.77. The maximum absolute atomic E-state index is 13.4. The molecule has 0 spiro atoms. The smallest absolute Gasteiger partial charge is 0.871 e. The van der Waals surface area contributed by atoms with Crippen molar-refractivity contribution in [1.82, 2.24) is 0 Å². The molecule has 392 valence electrons. The number of carbonyl (C=O) groups excluding carboxylic acids is 1. The van der Waals surface area contributed by atoms with Gasteiger partial charge in [-0.2, -0.15) is 21.9 Å². The van der Waals surface area contributed by atoms with Crippen LogP contribution in [0.2, 0.25) is 10.0 Å². The van der Waals surface area contributed by atoms with E-state index < -0.39 is 53.3 Å². The van der Waals surface area contributed by atoms with Crippen molar-refractivity contribution < 1.29 is 55.5 Å². The molecule has 0 saturated carbocycles. The summed E-state index contributed by atoms with van der Waals surface area (Å²) in [5.41, 5.74) is 0.574. The molecule has 18 nitrogen and oxygen atoms in total. The Kier molecular flexibility index (Phi) is 20.2. The molecular weight excluding hydrogens is 1100 g/mol. The van der Waals surface area contributed by atoms with Crippen LogP contribution in [0.3, 0.4) is 0 Å². The molecule has 23 heteroatoms. The fourth-order valence-corrected chi connectivity index (χ4v) is 10.4. The molecular formula is C54H46CaCl2N6O12S2. The van der Waals surface area contributed by atoms with Gasteiger partial charge in [0.1, 0.15) is 44.0 Å². The second-order valence-corrected chi connectivity index (χ2v) is 19.7. The number of hydrogen-bond donors (Lipinski definition) is 4. The van der Waals surface area contributed by atoms with Gasteiger partial charge in [0.2, 0.25) is 0 Å². The SMILES string of the molecule is CCOc1ccccc1N=C([O-])c1cc2ccccc2c(N=Nc2ccc(CC)c(Cl)c2S(=O)(=O)O)c1[O-].CCOc1ccccc1NC(=O)c1cc2ccccc2c(N=Nc2ccc(CC)c(Cl)c2S(=O)(=O)O)c1O.[Ca+2]. The van der Waals surface area contributed by atoms with Crippen molar-refractivity contribution >= 4 is 149 Å². The zero-order valence-corrected chi connectivity index (χ0v) is 46.9. The number of phenolic OH excluding ortho intramolecular Hbond substituents is 1. The zero-order chi connectivity index (χ0) is 54.9. The van der Waals surface area contributed by atoms with Crippen LogP contribution in [0.15, 0.2) is 169 Å². The van der Waals surface area contributed by atoms with E-state index in [9.17, 15) is 46.1 Å². The monoisotopic (exact) mass is 1140 g/mol. The molecule has 0 aliphatic rings. The van der Waals surface area contributed by atoms with Gasteiger partial charge in [-0.3, -0.25) is 18.9 Å². The van der Waals surface area contributed by atoms with E-state index in [0.29, 0.717) is 75.9 Å². The number of aryl methyl sites for hydroxylation is 2. The van der Waals surface area contributed by atoms with E-state index in [1.807, 2.05) is 6.92 Å². The maximum atomic E-state index is 13.4. The first kappa shape index (κ1) is 59.5. The van der Waals surface area contributed by atoms with E-state index in [0.717, 1.165) is 0 Å². The fraction of sp³-hybridized carbons (Fsp3) is 0.148. The Morgan fingerprint density at radius 2 is 1.05 bits per heavy atom. The minimum absolute atomic E-state index is 0. The molecule has 8 rings (SSSR count). The number of nitrogens with zero attached hydrogens (tertiary/aromatic N) is 5. The van der Waals surface area contributed by atoms with E-state index in [1.165, 1.54) is 24.3 Å². The molecule has 0 bridgehead atoms. The number of para-hydroxylation sites is 4. The van der Waals surface area contributed by atoms with Crippen molar-refractivity contribution in [1.29, 1.82) is 0 Å². The van der Waals surface area contributed by atoms with Crippen LogP contribution < -0.4 is 25.0 Å². The van der Waals surface area contributed by atoms with Crippen molar-refractivity contribution in [3.05, 3.63) is 166 Å². The van der Waals surface area contributed by atoms with Crippen molar-refractivity contribution in [3.8, 4) is 23.0 Å². The third-order valence-corrected chi connectivity index (χ3v) is 14.3. The summed E-state index contributed by atoms with van der Waals surface area (Å²) in [5.74, 6) is -1.79. The first-order valence-electron chi connectivity index (χ1n) is 23.2. The molecule has 0 saturated heterocycles. The number of benzene rings is 8. The number of rotatable bonds is 16. The van der Waals surface area contributed by atoms with E-state index in [4.69, 9.17) is 32.7 Å². The summed E-state index contributed by atoms with van der Waals surface area (Å²) in [7, 11) is -9.51. The zero-order valence-electron chi connectivity index (χ0n) is 41.6. The Hall–Kier alpha value is -6.72. The van der Waals surface area contributed by atoms with E-state index in [-0.39, 0.29) is 87.3 Å². The average Bonchev–Trinajstić information content (AvgIpc) is 3.39. The summed E-state index contributed by atoms with van der Waals surface area (Å²) in [6.45, 7) is 7.93. The third-order valence-electron chi connectivity index (χ3n) is 11.4. The molecule has 1 amide bonds. The molecule has 8 aromatic rings. The Morgan fingerprint density at radius 3 is 1.58 bits per heavy atom. The number of azo groups is 2. The van der Waals surface area contributed by atoms with Crippen LogP contribution >= 0.6 is 23.2 Å².